The molecular formula is C21H27ClO9. The zero-order valence-corrected chi connectivity index (χ0v) is 17.6. The maximum Gasteiger partial charge on any atom is 0.327 e. The molecule has 1 aliphatic heterocycles. The summed E-state index contributed by atoms with van der Waals surface area (Å²) in [7, 11) is 0. The molecule has 1 aromatic carbocycles. The Balaban J connectivity index is 0. The number of carbonyl (C=O) groups is 4. The zero-order chi connectivity index (χ0) is 24.2. The molecule has 0 aromatic heterocycles. The van der Waals surface area contributed by atoms with Crippen LogP contribution in [0.4, 0.5) is 0 Å². The monoisotopic (exact) mass is 458 g/mol. The molecular weight excluding hydrogens is 432 g/mol. The van der Waals surface area contributed by atoms with Crippen LogP contribution in [0.5, 0.6) is 5.75 Å². The maximum absolute atomic E-state index is 10.6. The first-order valence-corrected chi connectivity index (χ1v) is 9.42. The van der Waals surface area contributed by atoms with Crippen molar-refractivity contribution in [3.8, 4) is 5.75 Å². The molecule has 0 saturated carbocycles. The van der Waals surface area contributed by atoms with E-state index in [-0.39, 0.29) is 0 Å². The maximum atomic E-state index is 10.6. The molecule has 9 nitrogen and oxygen atoms in total. The number of phenolic OH excluding ortho intramolecular Hbond substituents is 1. The number of benzene rings is 1. The first-order valence-electron chi connectivity index (χ1n) is 8.89. The van der Waals surface area contributed by atoms with Gasteiger partial charge in [-0.3, -0.25) is 9.59 Å². The number of epoxide rings is 1. The Bertz CT molecular complexity index is 663. The first-order chi connectivity index (χ1) is 14.7. The number of carboxylic acids is 3. The van der Waals surface area contributed by atoms with Gasteiger partial charge in [0.2, 0.25) is 0 Å². The van der Waals surface area contributed by atoms with Crippen molar-refractivity contribution in [2.24, 2.45) is 11.8 Å². The van der Waals surface area contributed by atoms with Crippen molar-refractivity contribution in [1.82, 2.24) is 0 Å². The molecule has 2 aliphatic rings. The van der Waals surface area contributed by atoms with Gasteiger partial charge in [0, 0.05) is 6.08 Å². The molecule has 1 fully saturated rings. The predicted molar refractivity (Wildman–Crippen MR) is 114 cm³/mol. The minimum absolute atomic E-state index is 0.322. The van der Waals surface area contributed by atoms with Gasteiger partial charge in [-0.15, -0.1) is 11.6 Å². The van der Waals surface area contributed by atoms with Gasteiger partial charge in [0.25, 0.3) is 0 Å². The van der Waals surface area contributed by atoms with Crippen molar-refractivity contribution in [1.29, 1.82) is 0 Å². The number of ether oxygens (including phenoxy) is 1. The van der Waals surface area contributed by atoms with E-state index in [1.807, 2.05) is 12.9 Å². The summed E-state index contributed by atoms with van der Waals surface area (Å²) in [6, 6.07) is 8.71. The summed E-state index contributed by atoms with van der Waals surface area (Å²) in [5.74, 6) is -3.55. The number of alkyl halides is 1. The lowest BCUT2D eigenvalue weighted by molar-refractivity contribution is -0.153. The highest BCUT2D eigenvalue weighted by Crippen LogP contribution is 2.25. The fraction of sp³-hybridized carbons (Fsp3) is 0.333. The lowest BCUT2D eigenvalue weighted by atomic mass is 9.83. The van der Waals surface area contributed by atoms with Crippen molar-refractivity contribution >= 4 is 36.3 Å². The summed E-state index contributed by atoms with van der Waals surface area (Å²) in [5, 5.41) is 33.6. The summed E-state index contributed by atoms with van der Waals surface area (Å²) in [5.41, 5.74) is 0. The fourth-order valence-corrected chi connectivity index (χ4v) is 2.12. The molecule has 0 bridgehead atoms. The Kier molecular flexibility index (Phi) is 18.2. The van der Waals surface area contributed by atoms with Gasteiger partial charge in [-0.2, -0.15) is 0 Å². The van der Waals surface area contributed by atoms with Crippen LogP contribution in [0.25, 0.3) is 0 Å². The van der Waals surface area contributed by atoms with E-state index in [1.54, 1.807) is 36.4 Å². The summed E-state index contributed by atoms with van der Waals surface area (Å²) in [6.07, 6.45) is 5.33. The van der Waals surface area contributed by atoms with E-state index < -0.39 is 29.7 Å². The molecule has 0 amide bonds. The fourth-order valence-electron chi connectivity index (χ4n) is 1.95. The van der Waals surface area contributed by atoms with E-state index in [0.29, 0.717) is 30.6 Å². The Labute approximate surface area is 185 Å². The van der Waals surface area contributed by atoms with Crippen LogP contribution in [0.15, 0.2) is 55.1 Å². The second-order valence-electron chi connectivity index (χ2n) is 5.82. The number of aliphatic carboxylic acids is 3. The standard InChI is InChI=1S/C8H10O4.C6H6O.C3H5ClO.C3H4O2.CH2O/c9-7(10)5-3-1-2-4-6(5)8(11)12;7-6-4-2-1-3-5-6;4-1-3-2-5-3;1-2-3(4)5;1-2/h1-2,5-6H,3-4H2,(H,9,10)(H,11,12);1-5,7H;3H,1-2H2;2H,1H2,(H,4,5);1H2. The van der Waals surface area contributed by atoms with Crippen molar-refractivity contribution in [3.05, 3.63) is 55.1 Å². The largest absolute Gasteiger partial charge is 0.508 e. The van der Waals surface area contributed by atoms with Crippen LogP contribution in [-0.4, -0.2) is 63.7 Å². The van der Waals surface area contributed by atoms with Gasteiger partial charge in [-0.25, -0.2) is 4.79 Å². The van der Waals surface area contributed by atoms with Gasteiger partial charge < -0.3 is 30.0 Å². The molecule has 3 unspecified atom stereocenters. The first kappa shape index (κ1) is 30.0. The second kappa shape index (κ2) is 18.8. The van der Waals surface area contributed by atoms with Crippen LogP contribution in [0, 0.1) is 11.8 Å². The van der Waals surface area contributed by atoms with E-state index >= 15 is 0 Å². The van der Waals surface area contributed by atoms with Gasteiger partial charge in [-0.05, 0) is 25.0 Å². The highest BCUT2D eigenvalue weighted by atomic mass is 35.5. The van der Waals surface area contributed by atoms with Crippen molar-refractivity contribution in [3.63, 3.8) is 0 Å². The quantitative estimate of drug-likeness (QED) is 0.230. The Hall–Kier alpha value is -3.17. The minimum Gasteiger partial charge on any atom is -0.508 e. The number of para-hydroxylation sites is 1. The van der Waals surface area contributed by atoms with Gasteiger partial charge >= 0.3 is 17.9 Å². The Morgan fingerprint density at radius 2 is 1.39 bits per heavy atom. The van der Waals surface area contributed by atoms with Gasteiger partial charge in [0.15, 0.2) is 0 Å². The van der Waals surface area contributed by atoms with Crippen LogP contribution in [0.3, 0.4) is 0 Å². The average molecular weight is 459 g/mol. The lowest BCUT2D eigenvalue weighted by Gasteiger charge is -2.20. The van der Waals surface area contributed by atoms with Gasteiger partial charge in [0.1, 0.15) is 12.5 Å². The summed E-state index contributed by atoms with van der Waals surface area (Å²) < 4.78 is 4.73. The number of rotatable bonds is 4. The molecule has 1 saturated heterocycles. The molecule has 3 rings (SSSR count). The molecule has 1 aromatic rings. The molecule has 0 spiro atoms. The number of aromatic hydroxyl groups is 1. The third kappa shape index (κ3) is 17.4. The van der Waals surface area contributed by atoms with Crippen LogP contribution < -0.4 is 0 Å². The molecule has 4 N–H and O–H groups in total. The number of carboxylic acid groups (broad SMARTS) is 3. The smallest absolute Gasteiger partial charge is 0.327 e. The van der Waals surface area contributed by atoms with E-state index in [0.717, 1.165) is 12.7 Å². The van der Waals surface area contributed by atoms with Crippen molar-refractivity contribution < 1.29 is 44.3 Å². The summed E-state index contributed by atoms with van der Waals surface area (Å²) in [4.78, 5) is 38.4. The predicted octanol–water partition coefficient (Wildman–Crippen LogP) is 2.83. The van der Waals surface area contributed by atoms with E-state index in [9.17, 15) is 14.4 Å². The summed E-state index contributed by atoms with van der Waals surface area (Å²) >= 11 is 5.27. The second-order valence-corrected chi connectivity index (χ2v) is 6.13. The number of phenols is 1. The highest BCUT2D eigenvalue weighted by Gasteiger charge is 2.33. The Morgan fingerprint density at radius 3 is 1.55 bits per heavy atom. The molecule has 10 heteroatoms. The van der Waals surface area contributed by atoms with Gasteiger partial charge in [0.05, 0.1) is 30.4 Å². The number of halogens is 1. The number of carbonyl (C=O) groups excluding carboxylic acids is 1. The third-order valence-electron chi connectivity index (χ3n) is 3.57. The normalized spacial score (nSPS) is 19.6. The molecule has 1 aliphatic carbocycles. The van der Waals surface area contributed by atoms with Crippen LogP contribution in [0.1, 0.15) is 12.8 Å². The topological polar surface area (TPSA) is 162 Å². The summed E-state index contributed by atoms with van der Waals surface area (Å²) in [6.45, 7) is 5.84. The Morgan fingerprint density at radius 1 is 1.00 bits per heavy atom. The lowest BCUT2D eigenvalue weighted by Crippen LogP contribution is -2.30. The number of hydrogen-bond donors (Lipinski definition) is 4. The SMILES string of the molecule is C=CC(=O)O.C=O.ClCC1CO1.O=C(O)C1CC=CCC1C(=O)O.Oc1ccccc1. The van der Waals surface area contributed by atoms with E-state index in [1.165, 1.54) is 0 Å². The molecule has 0 radical (unpaired) electrons. The molecule has 3 atom stereocenters. The molecule has 31 heavy (non-hydrogen) atoms. The van der Waals surface area contributed by atoms with Gasteiger partial charge in [-0.1, -0.05) is 36.9 Å². The van der Waals surface area contributed by atoms with Crippen LogP contribution >= 0.6 is 11.6 Å². The zero-order valence-electron chi connectivity index (χ0n) is 16.8. The van der Waals surface area contributed by atoms with E-state index in [2.05, 4.69) is 6.58 Å². The highest BCUT2D eigenvalue weighted by molar-refractivity contribution is 6.18. The third-order valence-corrected chi connectivity index (χ3v) is 3.92. The number of hydrogen-bond acceptors (Lipinski definition) is 6. The average Bonchev–Trinajstić information content (AvgIpc) is 3.62. The van der Waals surface area contributed by atoms with Crippen LogP contribution in [-0.2, 0) is 23.9 Å². The minimum atomic E-state index is -1.02. The molecule has 1 heterocycles. The number of allylic oxidation sites excluding steroid dienone is 2. The van der Waals surface area contributed by atoms with E-state index in [4.69, 9.17) is 41.6 Å². The van der Waals surface area contributed by atoms with Crippen molar-refractivity contribution in [2.45, 2.75) is 18.9 Å². The molecule has 172 valence electrons. The van der Waals surface area contributed by atoms with Crippen molar-refractivity contribution in [2.75, 3.05) is 12.5 Å². The van der Waals surface area contributed by atoms with Crippen LogP contribution in [0.2, 0.25) is 0 Å².